The number of hydrogen-bond donors (Lipinski definition) is 1. The van der Waals surface area contributed by atoms with E-state index in [1.54, 1.807) is 11.3 Å². The van der Waals surface area contributed by atoms with Crippen LogP contribution in [0.25, 0.3) is 10.1 Å². The molecule has 1 aliphatic rings. The Labute approximate surface area is 159 Å². The number of aromatic nitrogens is 1. The molecule has 0 aliphatic heterocycles. The van der Waals surface area contributed by atoms with Gasteiger partial charge in [-0.15, -0.1) is 11.3 Å². The zero-order valence-corrected chi connectivity index (χ0v) is 16.3. The third-order valence-electron chi connectivity index (χ3n) is 5.42. The number of hydrogen-bond acceptors (Lipinski definition) is 2. The molecule has 3 aromatic rings. The highest BCUT2D eigenvalue weighted by molar-refractivity contribution is 7.20. The van der Waals surface area contributed by atoms with Gasteiger partial charge in [0.25, 0.3) is 5.91 Å². The molecule has 1 saturated carbocycles. The molecular formula is C22H26N2OS. The number of amides is 1. The van der Waals surface area contributed by atoms with Gasteiger partial charge < -0.3 is 9.88 Å². The molecule has 3 nitrogen and oxygen atoms in total. The van der Waals surface area contributed by atoms with Crippen LogP contribution in [0.15, 0.2) is 42.7 Å². The quantitative estimate of drug-likeness (QED) is 0.602. The van der Waals surface area contributed by atoms with E-state index < -0.39 is 0 Å². The molecule has 4 rings (SSSR count). The second-order valence-corrected chi connectivity index (χ2v) is 8.74. The van der Waals surface area contributed by atoms with E-state index in [9.17, 15) is 4.79 Å². The van der Waals surface area contributed by atoms with Gasteiger partial charge in [-0.25, -0.2) is 0 Å². The monoisotopic (exact) mass is 366 g/mol. The predicted molar refractivity (Wildman–Crippen MR) is 109 cm³/mol. The summed E-state index contributed by atoms with van der Waals surface area (Å²) >= 11 is 1.59. The Morgan fingerprint density at radius 1 is 1.19 bits per heavy atom. The number of thiophene rings is 1. The molecule has 4 heteroatoms. The van der Waals surface area contributed by atoms with Gasteiger partial charge in [0, 0.05) is 30.4 Å². The van der Waals surface area contributed by atoms with E-state index in [2.05, 4.69) is 60.4 Å². The van der Waals surface area contributed by atoms with E-state index in [-0.39, 0.29) is 5.91 Å². The number of nitrogens with one attached hydrogen (secondary N) is 1. The summed E-state index contributed by atoms with van der Waals surface area (Å²) in [5, 5.41) is 4.24. The largest absolute Gasteiger partial charge is 0.349 e. The van der Waals surface area contributed by atoms with Crippen LogP contribution in [0.4, 0.5) is 0 Å². The van der Waals surface area contributed by atoms with Gasteiger partial charge in [-0.1, -0.05) is 51.0 Å². The van der Waals surface area contributed by atoms with Crippen LogP contribution >= 0.6 is 11.3 Å². The number of carbonyl (C=O) groups excluding carboxylic acids is 1. The predicted octanol–water partition coefficient (Wildman–Crippen LogP) is 5.87. The van der Waals surface area contributed by atoms with E-state index in [1.165, 1.54) is 41.3 Å². The summed E-state index contributed by atoms with van der Waals surface area (Å²) in [6.45, 7) is 4.95. The molecule has 1 aromatic carbocycles. The Hall–Kier alpha value is -2.07. The highest BCUT2D eigenvalue weighted by Crippen LogP contribution is 2.34. The number of nitrogens with zero attached hydrogens (tertiary/aromatic N) is 1. The first-order valence-electron chi connectivity index (χ1n) is 9.58. The molecule has 0 spiro atoms. The van der Waals surface area contributed by atoms with Gasteiger partial charge in [0.05, 0.1) is 9.58 Å². The van der Waals surface area contributed by atoms with Crippen molar-refractivity contribution in [1.82, 2.24) is 9.88 Å². The number of rotatable bonds is 5. The minimum absolute atomic E-state index is 0.0200. The highest BCUT2D eigenvalue weighted by Gasteiger charge is 2.18. The Balaban J connectivity index is 1.40. The van der Waals surface area contributed by atoms with Gasteiger partial charge in [0.1, 0.15) is 0 Å². The average molecular weight is 367 g/mol. The molecule has 0 radical (unpaired) electrons. The second kappa shape index (κ2) is 7.28. The summed E-state index contributed by atoms with van der Waals surface area (Å²) in [6.07, 6.45) is 9.67. The topological polar surface area (TPSA) is 34.0 Å². The number of fused-ring (bicyclic) bond motifs is 1. The molecule has 0 bridgehead atoms. The van der Waals surface area contributed by atoms with E-state index in [4.69, 9.17) is 0 Å². The molecule has 0 unspecified atom stereocenters. The van der Waals surface area contributed by atoms with E-state index in [1.807, 2.05) is 6.07 Å². The van der Waals surface area contributed by atoms with Crippen molar-refractivity contribution in [2.75, 3.05) is 0 Å². The third kappa shape index (κ3) is 3.56. The molecule has 0 atom stereocenters. The summed E-state index contributed by atoms with van der Waals surface area (Å²) in [5.41, 5.74) is 2.46. The standard InChI is InChI=1S/C22H26N2OS/c1-15(2)17-9-7-16(8-10-17)12-23-22(25)20-11-18-13-24(14-21(18)26-20)19-5-3-4-6-19/h7-11,13-15,19H,3-6,12H2,1-2H3,(H,23,25). The molecule has 1 N–H and O–H groups in total. The van der Waals surface area contributed by atoms with Crippen molar-refractivity contribution in [2.24, 2.45) is 0 Å². The lowest BCUT2D eigenvalue weighted by Crippen LogP contribution is -2.21. The van der Waals surface area contributed by atoms with Crippen molar-refractivity contribution in [2.45, 2.75) is 58.0 Å². The van der Waals surface area contributed by atoms with Crippen LogP contribution in [0.1, 0.15) is 72.3 Å². The maximum absolute atomic E-state index is 12.5. The minimum atomic E-state index is 0.0200. The smallest absolute Gasteiger partial charge is 0.261 e. The molecule has 1 aliphatic carbocycles. The van der Waals surface area contributed by atoms with Crippen molar-refractivity contribution < 1.29 is 4.79 Å². The van der Waals surface area contributed by atoms with Gasteiger partial charge in [0.2, 0.25) is 0 Å². The maximum atomic E-state index is 12.5. The molecule has 2 aromatic heterocycles. The number of carbonyl (C=O) groups is 1. The van der Waals surface area contributed by atoms with Crippen molar-refractivity contribution in [3.63, 3.8) is 0 Å². The molecular weight excluding hydrogens is 340 g/mol. The summed E-state index contributed by atoms with van der Waals surface area (Å²) in [4.78, 5) is 13.3. The third-order valence-corrected chi connectivity index (χ3v) is 6.50. The van der Waals surface area contributed by atoms with Crippen molar-refractivity contribution in [1.29, 1.82) is 0 Å². The van der Waals surface area contributed by atoms with Crippen LogP contribution in [-0.2, 0) is 6.54 Å². The molecule has 1 fully saturated rings. The van der Waals surface area contributed by atoms with Crippen LogP contribution in [0.3, 0.4) is 0 Å². The lowest BCUT2D eigenvalue weighted by atomic mass is 10.0. The van der Waals surface area contributed by atoms with Crippen molar-refractivity contribution in [3.8, 4) is 0 Å². The minimum Gasteiger partial charge on any atom is -0.349 e. The zero-order valence-electron chi connectivity index (χ0n) is 15.5. The van der Waals surface area contributed by atoms with Gasteiger partial charge in [-0.2, -0.15) is 0 Å². The summed E-state index contributed by atoms with van der Waals surface area (Å²) in [6, 6.07) is 11.2. The van der Waals surface area contributed by atoms with E-state index in [0.29, 0.717) is 18.5 Å². The Bertz CT molecular complexity index is 867. The van der Waals surface area contributed by atoms with Gasteiger partial charge in [-0.05, 0) is 36.0 Å². The lowest BCUT2D eigenvalue weighted by molar-refractivity contribution is 0.0955. The van der Waals surface area contributed by atoms with E-state index >= 15 is 0 Å². The van der Waals surface area contributed by atoms with Crippen LogP contribution in [0, 0.1) is 0 Å². The molecule has 136 valence electrons. The maximum Gasteiger partial charge on any atom is 0.261 e. The first-order valence-corrected chi connectivity index (χ1v) is 10.4. The van der Waals surface area contributed by atoms with Crippen LogP contribution < -0.4 is 5.32 Å². The van der Waals surface area contributed by atoms with Crippen molar-refractivity contribution in [3.05, 3.63) is 58.7 Å². The van der Waals surface area contributed by atoms with Crippen LogP contribution in [0.2, 0.25) is 0 Å². The number of benzene rings is 1. The fourth-order valence-corrected chi connectivity index (χ4v) is 4.76. The molecule has 0 saturated heterocycles. The van der Waals surface area contributed by atoms with Gasteiger partial charge in [-0.3, -0.25) is 4.79 Å². The van der Waals surface area contributed by atoms with Gasteiger partial charge in [0.15, 0.2) is 0 Å². The lowest BCUT2D eigenvalue weighted by Gasteiger charge is -2.10. The fourth-order valence-electron chi connectivity index (χ4n) is 3.77. The average Bonchev–Trinajstić information content (AvgIpc) is 3.35. The summed E-state index contributed by atoms with van der Waals surface area (Å²) in [5.74, 6) is 0.551. The molecule has 26 heavy (non-hydrogen) atoms. The van der Waals surface area contributed by atoms with Gasteiger partial charge >= 0.3 is 0 Å². The normalized spacial score (nSPS) is 15.2. The molecule has 1 amide bonds. The first kappa shape index (κ1) is 17.3. The zero-order chi connectivity index (χ0) is 18.1. The fraction of sp³-hybridized carbons (Fsp3) is 0.409. The Kier molecular flexibility index (Phi) is 4.86. The highest BCUT2D eigenvalue weighted by atomic mass is 32.1. The SMILES string of the molecule is CC(C)c1ccc(CNC(=O)c2cc3cn(C4CCCC4)cc3s2)cc1. The van der Waals surface area contributed by atoms with Crippen LogP contribution in [0.5, 0.6) is 0 Å². The summed E-state index contributed by atoms with van der Waals surface area (Å²) in [7, 11) is 0. The Morgan fingerprint density at radius 3 is 2.58 bits per heavy atom. The second-order valence-electron chi connectivity index (χ2n) is 7.65. The van der Waals surface area contributed by atoms with Crippen LogP contribution in [-0.4, -0.2) is 10.5 Å². The first-order chi connectivity index (χ1) is 12.6. The Morgan fingerprint density at radius 2 is 1.92 bits per heavy atom. The van der Waals surface area contributed by atoms with Crippen molar-refractivity contribution >= 4 is 27.3 Å². The van der Waals surface area contributed by atoms with E-state index in [0.717, 1.165) is 10.4 Å². The molecule has 2 heterocycles. The summed E-state index contributed by atoms with van der Waals surface area (Å²) < 4.78 is 3.56.